The van der Waals surface area contributed by atoms with E-state index in [-0.39, 0.29) is 5.91 Å². The third kappa shape index (κ3) is 3.09. The quantitative estimate of drug-likeness (QED) is 0.546. The number of nitrogens with one attached hydrogen (secondary N) is 2. The van der Waals surface area contributed by atoms with Crippen LogP contribution in [0, 0.1) is 0 Å². The minimum absolute atomic E-state index is 0.129. The second-order valence-corrected chi connectivity index (χ2v) is 6.15. The molecular formula is C22H19N3O. The van der Waals surface area contributed by atoms with Crippen LogP contribution in [0.15, 0.2) is 72.8 Å². The van der Waals surface area contributed by atoms with Crippen LogP contribution in [0.5, 0.6) is 0 Å². The summed E-state index contributed by atoms with van der Waals surface area (Å²) in [6.07, 6.45) is 0.955. The van der Waals surface area contributed by atoms with Gasteiger partial charge in [-0.2, -0.15) is 0 Å². The fourth-order valence-corrected chi connectivity index (χ4v) is 2.97. The molecule has 0 unspecified atom stereocenters. The summed E-state index contributed by atoms with van der Waals surface area (Å²) >= 11 is 0. The van der Waals surface area contributed by atoms with Crippen molar-refractivity contribution in [2.24, 2.45) is 0 Å². The molecule has 0 atom stereocenters. The van der Waals surface area contributed by atoms with Crippen LogP contribution in [0.4, 0.5) is 5.69 Å². The Bertz CT molecular complexity index is 1030. The predicted molar refractivity (Wildman–Crippen MR) is 105 cm³/mol. The van der Waals surface area contributed by atoms with Crippen LogP contribution in [0.25, 0.3) is 22.4 Å². The number of hydrogen-bond acceptors (Lipinski definition) is 2. The van der Waals surface area contributed by atoms with Gasteiger partial charge in [0.05, 0.1) is 16.7 Å². The van der Waals surface area contributed by atoms with E-state index in [0.717, 1.165) is 34.5 Å². The standard InChI is InChI=1S/C22H19N3O/c1-2-15-11-13-16(14-12-15)22(26)25-18-8-4-3-7-17(18)21-23-19-9-5-6-10-20(19)24-21/h3-14H,2H2,1H3,(H,23,24)(H,25,26). The highest BCUT2D eigenvalue weighted by Gasteiger charge is 2.12. The smallest absolute Gasteiger partial charge is 0.255 e. The molecule has 0 aliphatic carbocycles. The van der Waals surface area contributed by atoms with Crippen molar-refractivity contribution in [3.63, 3.8) is 0 Å². The summed E-state index contributed by atoms with van der Waals surface area (Å²) in [5, 5.41) is 3.01. The number of rotatable bonds is 4. The lowest BCUT2D eigenvalue weighted by Gasteiger charge is -2.10. The van der Waals surface area contributed by atoms with Crippen molar-refractivity contribution in [2.75, 3.05) is 5.32 Å². The molecule has 26 heavy (non-hydrogen) atoms. The molecule has 0 saturated heterocycles. The van der Waals surface area contributed by atoms with Crippen LogP contribution >= 0.6 is 0 Å². The predicted octanol–water partition coefficient (Wildman–Crippen LogP) is 5.04. The number of aryl methyl sites for hydroxylation is 1. The molecule has 0 fully saturated rings. The number of para-hydroxylation sites is 3. The molecule has 4 nitrogen and oxygen atoms in total. The van der Waals surface area contributed by atoms with Crippen molar-refractivity contribution in [1.82, 2.24) is 9.97 Å². The molecule has 0 radical (unpaired) electrons. The Balaban J connectivity index is 1.66. The van der Waals surface area contributed by atoms with Gasteiger partial charge in [0.15, 0.2) is 0 Å². The number of imidazole rings is 1. The highest BCUT2D eigenvalue weighted by Crippen LogP contribution is 2.27. The lowest BCUT2D eigenvalue weighted by molar-refractivity contribution is 0.102. The van der Waals surface area contributed by atoms with Gasteiger partial charge in [-0.3, -0.25) is 4.79 Å². The first-order valence-corrected chi connectivity index (χ1v) is 8.69. The summed E-state index contributed by atoms with van der Waals surface area (Å²) in [6.45, 7) is 2.10. The molecule has 4 rings (SSSR count). The number of aromatic amines is 1. The zero-order chi connectivity index (χ0) is 17.9. The fourth-order valence-electron chi connectivity index (χ4n) is 2.97. The van der Waals surface area contributed by atoms with Gasteiger partial charge in [-0.1, -0.05) is 43.3 Å². The van der Waals surface area contributed by atoms with Gasteiger partial charge in [0.2, 0.25) is 0 Å². The Labute approximate surface area is 151 Å². The molecule has 0 spiro atoms. The summed E-state index contributed by atoms with van der Waals surface area (Å²) in [4.78, 5) is 20.6. The number of hydrogen-bond donors (Lipinski definition) is 2. The Hall–Kier alpha value is -3.40. The molecule has 2 N–H and O–H groups in total. The molecule has 0 aliphatic rings. The molecular weight excluding hydrogens is 322 g/mol. The van der Waals surface area contributed by atoms with E-state index in [1.165, 1.54) is 5.56 Å². The van der Waals surface area contributed by atoms with Crippen molar-refractivity contribution in [3.05, 3.63) is 83.9 Å². The number of carbonyl (C=O) groups is 1. The maximum Gasteiger partial charge on any atom is 0.255 e. The molecule has 4 heteroatoms. The second-order valence-electron chi connectivity index (χ2n) is 6.15. The first-order valence-electron chi connectivity index (χ1n) is 8.69. The minimum Gasteiger partial charge on any atom is -0.338 e. The maximum absolute atomic E-state index is 12.6. The first-order chi connectivity index (χ1) is 12.7. The Morgan fingerprint density at radius 2 is 1.69 bits per heavy atom. The van der Waals surface area contributed by atoms with E-state index in [9.17, 15) is 4.79 Å². The van der Waals surface area contributed by atoms with Crippen molar-refractivity contribution >= 4 is 22.6 Å². The van der Waals surface area contributed by atoms with E-state index >= 15 is 0 Å². The SMILES string of the molecule is CCc1ccc(C(=O)Nc2ccccc2-c2nc3ccccc3[nH]2)cc1. The van der Waals surface area contributed by atoms with Gasteiger partial charge in [-0.15, -0.1) is 0 Å². The van der Waals surface area contributed by atoms with E-state index < -0.39 is 0 Å². The minimum atomic E-state index is -0.129. The zero-order valence-corrected chi connectivity index (χ0v) is 14.5. The number of H-pyrrole nitrogens is 1. The second kappa shape index (κ2) is 6.84. The van der Waals surface area contributed by atoms with Crippen LogP contribution in [-0.2, 0) is 6.42 Å². The van der Waals surface area contributed by atoms with E-state index in [4.69, 9.17) is 0 Å². The average molecular weight is 341 g/mol. The summed E-state index contributed by atoms with van der Waals surface area (Å²) < 4.78 is 0. The maximum atomic E-state index is 12.6. The van der Waals surface area contributed by atoms with Crippen LogP contribution in [0.3, 0.4) is 0 Å². The third-order valence-corrected chi connectivity index (χ3v) is 4.44. The lowest BCUT2D eigenvalue weighted by Crippen LogP contribution is -2.12. The molecule has 1 heterocycles. The van der Waals surface area contributed by atoms with E-state index in [1.54, 1.807) is 0 Å². The average Bonchev–Trinajstić information content (AvgIpc) is 3.12. The fraction of sp³-hybridized carbons (Fsp3) is 0.0909. The van der Waals surface area contributed by atoms with E-state index in [2.05, 4.69) is 22.2 Å². The van der Waals surface area contributed by atoms with Crippen molar-refractivity contribution in [3.8, 4) is 11.4 Å². The molecule has 1 aromatic heterocycles. The highest BCUT2D eigenvalue weighted by molar-refractivity contribution is 6.06. The van der Waals surface area contributed by atoms with Gasteiger partial charge in [0.1, 0.15) is 5.82 Å². The van der Waals surface area contributed by atoms with Crippen LogP contribution in [-0.4, -0.2) is 15.9 Å². The molecule has 1 amide bonds. The van der Waals surface area contributed by atoms with Crippen LogP contribution in [0.1, 0.15) is 22.8 Å². The Kier molecular flexibility index (Phi) is 4.23. The van der Waals surface area contributed by atoms with Crippen molar-refractivity contribution < 1.29 is 4.79 Å². The molecule has 128 valence electrons. The van der Waals surface area contributed by atoms with E-state index in [1.807, 2.05) is 72.8 Å². The number of aromatic nitrogens is 2. The zero-order valence-electron chi connectivity index (χ0n) is 14.5. The number of amides is 1. The molecule has 0 bridgehead atoms. The number of fused-ring (bicyclic) bond motifs is 1. The summed E-state index contributed by atoms with van der Waals surface area (Å²) in [6, 6.07) is 23.3. The largest absolute Gasteiger partial charge is 0.338 e. The van der Waals surface area contributed by atoms with Gasteiger partial charge in [-0.05, 0) is 48.4 Å². The lowest BCUT2D eigenvalue weighted by atomic mass is 10.1. The first kappa shape index (κ1) is 16.1. The summed E-state index contributed by atoms with van der Waals surface area (Å²) in [5.41, 5.74) is 5.32. The van der Waals surface area contributed by atoms with Gasteiger partial charge < -0.3 is 10.3 Å². The van der Waals surface area contributed by atoms with Crippen molar-refractivity contribution in [1.29, 1.82) is 0 Å². The van der Waals surface area contributed by atoms with Gasteiger partial charge in [0, 0.05) is 11.1 Å². The highest BCUT2D eigenvalue weighted by atomic mass is 16.1. The van der Waals surface area contributed by atoms with Crippen LogP contribution < -0.4 is 5.32 Å². The third-order valence-electron chi connectivity index (χ3n) is 4.44. The van der Waals surface area contributed by atoms with Crippen LogP contribution in [0.2, 0.25) is 0 Å². The number of anilines is 1. The normalized spacial score (nSPS) is 10.8. The van der Waals surface area contributed by atoms with Crippen molar-refractivity contribution in [2.45, 2.75) is 13.3 Å². The molecule has 0 saturated carbocycles. The number of benzene rings is 3. The number of carbonyl (C=O) groups excluding carboxylic acids is 1. The Morgan fingerprint density at radius 1 is 0.962 bits per heavy atom. The number of nitrogens with zero attached hydrogens (tertiary/aromatic N) is 1. The summed E-state index contributed by atoms with van der Waals surface area (Å²) in [5.74, 6) is 0.611. The van der Waals surface area contributed by atoms with E-state index in [0.29, 0.717) is 5.56 Å². The molecule has 0 aliphatic heterocycles. The Morgan fingerprint density at radius 3 is 2.46 bits per heavy atom. The van der Waals surface area contributed by atoms with Gasteiger partial charge in [-0.25, -0.2) is 4.98 Å². The van der Waals surface area contributed by atoms with Gasteiger partial charge >= 0.3 is 0 Å². The molecule has 3 aromatic carbocycles. The summed E-state index contributed by atoms with van der Waals surface area (Å²) in [7, 11) is 0. The molecule has 4 aromatic rings. The topological polar surface area (TPSA) is 57.8 Å². The van der Waals surface area contributed by atoms with Gasteiger partial charge in [0.25, 0.3) is 5.91 Å². The monoisotopic (exact) mass is 341 g/mol.